The van der Waals surface area contributed by atoms with Crippen LogP contribution >= 0.6 is 22.9 Å². The van der Waals surface area contributed by atoms with Gasteiger partial charge in [0.2, 0.25) is 6.79 Å². The summed E-state index contributed by atoms with van der Waals surface area (Å²) in [6.07, 6.45) is 0. The monoisotopic (exact) mass is 309 g/mol. The average Bonchev–Trinajstić information content (AvgIpc) is 2.95. The molecule has 1 atom stereocenters. The van der Waals surface area contributed by atoms with Gasteiger partial charge < -0.3 is 14.8 Å². The molecule has 20 heavy (non-hydrogen) atoms. The number of halogens is 1. The van der Waals surface area contributed by atoms with Crippen LogP contribution in [0.5, 0.6) is 11.5 Å². The van der Waals surface area contributed by atoms with E-state index in [4.69, 9.17) is 21.1 Å². The van der Waals surface area contributed by atoms with E-state index < -0.39 is 0 Å². The summed E-state index contributed by atoms with van der Waals surface area (Å²) in [7, 11) is 0. The summed E-state index contributed by atoms with van der Waals surface area (Å²) in [6.45, 7) is 6.66. The van der Waals surface area contributed by atoms with Crippen LogP contribution in [0.15, 0.2) is 18.2 Å². The van der Waals surface area contributed by atoms with Crippen molar-refractivity contribution in [3.63, 3.8) is 0 Å². The minimum Gasteiger partial charge on any atom is -0.454 e. The van der Waals surface area contributed by atoms with Gasteiger partial charge in [-0.15, -0.1) is 11.3 Å². The summed E-state index contributed by atoms with van der Waals surface area (Å²) in [5, 5.41) is 4.09. The number of nitrogens with one attached hydrogen (secondary N) is 1. The van der Waals surface area contributed by atoms with Gasteiger partial charge in [-0.1, -0.05) is 11.6 Å². The molecule has 3 nitrogen and oxygen atoms in total. The van der Waals surface area contributed by atoms with E-state index in [0.717, 1.165) is 11.4 Å². The van der Waals surface area contributed by atoms with Gasteiger partial charge in [0, 0.05) is 27.9 Å². The average molecular weight is 310 g/mol. The molecular weight excluding hydrogens is 294 g/mol. The second-order valence-corrected chi connectivity index (χ2v) is 6.79. The molecule has 1 N–H and O–H groups in total. The number of hydrogen-bond acceptors (Lipinski definition) is 4. The molecule has 0 spiro atoms. The van der Waals surface area contributed by atoms with Gasteiger partial charge >= 0.3 is 0 Å². The third kappa shape index (κ3) is 2.45. The maximum absolute atomic E-state index is 6.29. The van der Waals surface area contributed by atoms with Gasteiger partial charge in [-0.05, 0) is 32.4 Å². The van der Waals surface area contributed by atoms with E-state index in [0.29, 0.717) is 10.8 Å². The summed E-state index contributed by atoms with van der Waals surface area (Å²) >= 11 is 8.10. The van der Waals surface area contributed by atoms with Crippen molar-refractivity contribution >= 4 is 28.6 Å². The molecule has 1 aliphatic heterocycles. The van der Waals surface area contributed by atoms with E-state index in [2.05, 4.69) is 32.2 Å². The second-order valence-electron chi connectivity index (χ2n) is 4.92. The molecule has 106 valence electrons. The topological polar surface area (TPSA) is 30.5 Å². The quantitative estimate of drug-likeness (QED) is 0.873. The summed E-state index contributed by atoms with van der Waals surface area (Å²) in [5.74, 6) is 1.44. The van der Waals surface area contributed by atoms with Crippen LogP contribution < -0.4 is 14.8 Å². The summed E-state index contributed by atoms with van der Waals surface area (Å²) in [6, 6.07) is 6.11. The summed E-state index contributed by atoms with van der Waals surface area (Å²) < 4.78 is 10.7. The van der Waals surface area contributed by atoms with Crippen LogP contribution in [-0.4, -0.2) is 6.79 Å². The lowest BCUT2D eigenvalue weighted by molar-refractivity contribution is 0.174. The predicted molar refractivity (Wildman–Crippen MR) is 83.4 cm³/mol. The van der Waals surface area contributed by atoms with E-state index in [1.807, 2.05) is 17.4 Å². The summed E-state index contributed by atoms with van der Waals surface area (Å²) in [5.41, 5.74) is 2.17. The lowest BCUT2D eigenvalue weighted by atomic mass is 10.1. The zero-order valence-electron chi connectivity index (χ0n) is 11.6. The zero-order chi connectivity index (χ0) is 14.3. The molecule has 2 heterocycles. The van der Waals surface area contributed by atoms with Crippen LogP contribution in [0.3, 0.4) is 0 Å². The molecule has 0 saturated carbocycles. The Morgan fingerprint density at radius 1 is 1.20 bits per heavy atom. The van der Waals surface area contributed by atoms with Crippen molar-refractivity contribution in [2.24, 2.45) is 0 Å². The fourth-order valence-corrected chi connectivity index (χ4v) is 3.65. The van der Waals surface area contributed by atoms with Crippen LogP contribution in [0.25, 0.3) is 0 Å². The Hall–Kier alpha value is -1.39. The highest BCUT2D eigenvalue weighted by Gasteiger charge is 2.18. The number of rotatable bonds is 3. The molecule has 5 heteroatoms. The van der Waals surface area contributed by atoms with Crippen LogP contribution in [0, 0.1) is 13.8 Å². The van der Waals surface area contributed by atoms with Gasteiger partial charge in [0.05, 0.1) is 10.7 Å². The van der Waals surface area contributed by atoms with Gasteiger partial charge in [-0.25, -0.2) is 0 Å². The van der Waals surface area contributed by atoms with Crippen LogP contribution in [0.4, 0.5) is 5.69 Å². The number of ether oxygens (including phenoxy) is 2. The highest BCUT2D eigenvalue weighted by molar-refractivity contribution is 7.12. The number of hydrogen-bond donors (Lipinski definition) is 1. The van der Waals surface area contributed by atoms with E-state index in [1.165, 1.54) is 15.3 Å². The first kappa shape index (κ1) is 13.6. The molecule has 1 aromatic heterocycles. The largest absolute Gasteiger partial charge is 0.454 e. The SMILES string of the molecule is Cc1cc(C(C)Nc2cc3c(cc2Cl)OCO3)c(C)s1. The molecule has 0 amide bonds. The molecule has 2 aromatic rings. The standard InChI is InChI=1S/C15H16ClNO2S/c1-8-4-11(10(3)20-8)9(2)17-13-6-15-14(5-12(13)16)18-7-19-15/h4-6,9,17H,7H2,1-3H3. The van der Waals surface area contributed by atoms with Crippen molar-refractivity contribution in [1.82, 2.24) is 0 Å². The number of anilines is 1. The third-order valence-corrected chi connectivity index (χ3v) is 4.67. The maximum Gasteiger partial charge on any atom is 0.231 e. The Morgan fingerprint density at radius 2 is 1.90 bits per heavy atom. The number of fused-ring (bicyclic) bond motifs is 1. The molecule has 0 bridgehead atoms. The minimum atomic E-state index is 0.192. The molecule has 1 unspecified atom stereocenters. The van der Waals surface area contributed by atoms with Crippen molar-refractivity contribution in [2.45, 2.75) is 26.8 Å². The molecule has 0 radical (unpaired) electrons. The van der Waals surface area contributed by atoms with E-state index in [1.54, 1.807) is 6.07 Å². The maximum atomic E-state index is 6.29. The van der Waals surface area contributed by atoms with Crippen LogP contribution in [0.2, 0.25) is 5.02 Å². The van der Waals surface area contributed by atoms with Gasteiger partial charge in [0.1, 0.15) is 0 Å². The Balaban J connectivity index is 1.86. The van der Waals surface area contributed by atoms with E-state index in [-0.39, 0.29) is 12.8 Å². The van der Waals surface area contributed by atoms with Gasteiger partial charge in [0.15, 0.2) is 11.5 Å². The molecule has 0 aliphatic carbocycles. The Bertz CT molecular complexity index is 654. The lowest BCUT2D eigenvalue weighted by Gasteiger charge is -2.17. The zero-order valence-corrected chi connectivity index (χ0v) is 13.2. The number of aryl methyl sites for hydroxylation is 2. The molecule has 0 fully saturated rings. The predicted octanol–water partition coefficient (Wildman–Crippen LogP) is 4.92. The van der Waals surface area contributed by atoms with E-state index in [9.17, 15) is 0 Å². The smallest absolute Gasteiger partial charge is 0.231 e. The van der Waals surface area contributed by atoms with Crippen molar-refractivity contribution in [1.29, 1.82) is 0 Å². The van der Waals surface area contributed by atoms with E-state index >= 15 is 0 Å². The first-order valence-electron chi connectivity index (χ1n) is 6.47. The number of thiophene rings is 1. The molecule has 0 saturated heterocycles. The molecule has 1 aliphatic rings. The summed E-state index contributed by atoms with van der Waals surface area (Å²) in [4.78, 5) is 2.65. The second kappa shape index (κ2) is 5.19. The Morgan fingerprint density at radius 3 is 2.55 bits per heavy atom. The lowest BCUT2D eigenvalue weighted by Crippen LogP contribution is -2.07. The van der Waals surface area contributed by atoms with Crippen molar-refractivity contribution in [3.8, 4) is 11.5 Å². The molecule has 3 rings (SSSR count). The Labute approximate surface area is 127 Å². The van der Waals surface area contributed by atoms with Gasteiger partial charge in [-0.3, -0.25) is 0 Å². The first-order chi connectivity index (χ1) is 9.54. The number of benzene rings is 1. The van der Waals surface area contributed by atoms with Crippen molar-refractivity contribution in [3.05, 3.63) is 38.5 Å². The van der Waals surface area contributed by atoms with Gasteiger partial charge in [-0.2, -0.15) is 0 Å². The third-order valence-electron chi connectivity index (χ3n) is 3.38. The van der Waals surface area contributed by atoms with Crippen LogP contribution in [0.1, 0.15) is 28.3 Å². The first-order valence-corrected chi connectivity index (χ1v) is 7.66. The van der Waals surface area contributed by atoms with Crippen molar-refractivity contribution < 1.29 is 9.47 Å². The molecular formula is C15H16ClNO2S. The fourth-order valence-electron chi connectivity index (χ4n) is 2.42. The van der Waals surface area contributed by atoms with Crippen molar-refractivity contribution in [2.75, 3.05) is 12.1 Å². The normalized spacial score (nSPS) is 14.4. The minimum absolute atomic E-state index is 0.192. The highest BCUT2D eigenvalue weighted by atomic mass is 35.5. The van der Waals surface area contributed by atoms with Crippen LogP contribution in [-0.2, 0) is 0 Å². The highest BCUT2D eigenvalue weighted by Crippen LogP contribution is 2.40. The molecule has 1 aromatic carbocycles. The fraction of sp³-hybridized carbons (Fsp3) is 0.333. The van der Waals surface area contributed by atoms with Gasteiger partial charge in [0.25, 0.3) is 0 Å². The Kier molecular flexibility index (Phi) is 3.52.